The Kier molecular flexibility index (Phi) is 4.44. The van der Waals surface area contributed by atoms with Gasteiger partial charge in [0.15, 0.2) is 0 Å². The Bertz CT molecular complexity index is 418. The van der Waals surface area contributed by atoms with Crippen molar-refractivity contribution in [3.63, 3.8) is 0 Å². The molecule has 0 aliphatic rings. The summed E-state index contributed by atoms with van der Waals surface area (Å²) >= 11 is 1.19. The van der Waals surface area contributed by atoms with Crippen molar-refractivity contribution in [2.45, 2.75) is 24.3 Å². The summed E-state index contributed by atoms with van der Waals surface area (Å²) in [5, 5.41) is 13.0. The van der Waals surface area contributed by atoms with E-state index in [9.17, 15) is 9.59 Å². The van der Waals surface area contributed by atoms with Crippen LogP contribution in [-0.2, 0) is 11.8 Å². The van der Waals surface area contributed by atoms with Crippen LogP contribution in [0.5, 0.6) is 0 Å². The molecule has 0 aliphatic heterocycles. The predicted octanol–water partition coefficient (Wildman–Crippen LogP) is -0.478. The third kappa shape index (κ3) is 3.70. The number of amides is 3. The molecule has 0 aromatic carbocycles. The van der Waals surface area contributed by atoms with Crippen LogP contribution in [0.2, 0.25) is 0 Å². The van der Waals surface area contributed by atoms with Gasteiger partial charge in [-0.1, -0.05) is 25.6 Å². The average molecular weight is 258 g/mol. The SMILES string of the molecule is CC(C)[C@@H](Sc1nnnn1C)C(=O)NC(N)=O. The van der Waals surface area contributed by atoms with Gasteiger partial charge in [0.25, 0.3) is 0 Å². The smallest absolute Gasteiger partial charge is 0.318 e. The Morgan fingerprint density at radius 1 is 1.47 bits per heavy atom. The molecule has 1 heterocycles. The first-order valence-electron chi connectivity index (χ1n) is 4.91. The molecule has 0 saturated carbocycles. The third-order valence-corrected chi connectivity index (χ3v) is 3.49. The van der Waals surface area contributed by atoms with E-state index in [0.717, 1.165) is 0 Å². The number of rotatable bonds is 4. The Morgan fingerprint density at radius 2 is 2.12 bits per heavy atom. The van der Waals surface area contributed by atoms with Crippen molar-refractivity contribution in [2.24, 2.45) is 18.7 Å². The minimum atomic E-state index is -0.864. The lowest BCUT2D eigenvalue weighted by Crippen LogP contribution is -2.42. The zero-order valence-corrected chi connectivity index (χ0v) is 10.6. The molecule has 0 fully saturated rings. The van der Waals surface area contributed by atoms with E-state index in [2.05, 4.69) is 20.8 Å². The number of hydrogen-bond acceptors (Lipinski definition) is 6. The van der Waals surface area contributed by atoms with Gasteiger partial charge in [-0.15, -0.1) is 5.10 Å². The highest BCUT2D eigenvalue weighted by atomic mass is 32.2. The van der Waals surface area contributed by atoms with Gasteiger partial charge in [-0.05, 0) is 16.3 Å². The summed E-state index contributed by atoms with van der Waals surface area (Å²) in [5.74, 6) is -0.434. The van der Waals surface area contributed by atoms with Crippen LogP contribution in [0.15, 0.2) is 5.16 Å². The van der Waals surface area contributed by atoms with Crippen LogP contribution in [-0.4, -0.2) is 37.4 Å². The molecule has 1 aromatic rings. The predicted molar refractivity (Wildman–Crippen MR) is 61.0 cm³/mol. The number of carbonyl (C=O) groups is 2. The largest absolute Gasteiger partial charge is 0.351 e. The fourth-order valence-electron chi connectivity index (χ4n) is 1.12. The van der Waals surface area contributed by atoms with Crippen molar-refractivity contribution in [2.75, 3.05) is 0 Å². The molecule has 1 atom stereocenters. The number of aryl methyl sites for hydroxylation is 1. The van der Waals surface area contributed by atoms with Crippen LogP contribution in [0.25, 0.3) is 0 Å². The number of carbonyl (C=O) groups excluding carboxylic acids is 2. The van der Waals surface area contributed by atoms with Gasteiger partial charge >= 0.3 is 6.03 Å². The highest BCUT2D eigenvalue weighted by Crippen LogP contribution is 2.25. The molecule has 3 N–H and O–H groups in total. The first-order valence-corrected chi connectivity index (χ1v) is 5.79. The number of nitrogens with zero attached hydrogens (tertiary/aromatic N) is 4. The summed E-state index contributed by atoms with van der Waals surface area (Å²) < 4.78 is 1.46. The molecule has 0 saturated heterocycles. The topological polar surface area (TPSA) is 116 Å². The molecule has 0 spiro atoms. The van der Waals surface area contributed by atoms with Gasteiger partial charge in [0.2, 0.25) is 11.1 Å². The van der Waals surface area contributed by atoms with Crippen LogP contribution < -0.4 is 11.1 Å². The van der Waals surface area contributed by atoms with Gasteiger partial charge in [-0.3, -0.25) is 10.1 Å². The number of imide groups is 1. The standard InChI is InChI=1S/C8H14N6O2S/c1-4(2)5(6(15)10-7(9)16)17-8-11-12-13-14(8)3/h4-5H,1-3H3,(H3,9,10,15,16)/t5-/m1/s1. The van der Waals surface area contributed by atoms with E-state index in [4.69, 9.17) is 5.73 Å². The van der Waals surface area contributed by atoms with Crippen molar-refractivity contribution in [1.29, 1.82) is 0 Å². The molecule has 94 valence electrons. The molecular weight excluding hydrogens is 244 g/mol. The minimum absolute atomic E-state index is 0.0102. The maximum Gasteiger partial charge on any atom is 0.318 e. The Hall–Kier alpha value is -1.64. The number of urea groups is 1. The summed E-state index contributed by atoms with van der Waals surface area (Å²) in [6.07, 6.45) is 0. The second kappa shape index (κ2) is 5.62. The monoisotopic (exact) mass is 258 g/mol. The summed E-state index contributed by atoms with van der Waals surface area (Å²) in [6, 6.07) is -0.864. The summed E-state index contributed by atoms with van der Waals surface area (Å²) in [4.78, 5) is 22.4. The van der Waals surface area contributed by atoms with Crippen LogP contribution >= 0.6 is 11.8 Å². The van der Waals surface area contributed by atoms with Crippen molar-refractivity contribution < 1.29 is 9.59 Å². The van der Waals surface area contributed by atoms with Gasteiger partial charge < -0.3 is 5.73 Å². The maximum absolute atomic E-state index is 11.7. The van der Waals surface area contributed by atoms with E-state index in [-0.39, 0.29) is 5.92 Å². The molecular formula is C8H14N6O2S. The summed E-state index contributed by atoms with van der Waals surface area (Å²) in [5.41, 5.74) is 4.91. The minimum Gasteiger partial charge on any atom is -0.351 e. The van der Waals surface area contributed by atoms with E-state index in [1.807, 2.05) is 13.8 Å². The number of aromatic nitrogens is 4. The summed E-state index contributed by atoms with van der Waals surface area (Å²) in [6.45, 7) is 3.73. The zero-order valence-electron chi connectivity index (χ0n) is 9.75. The van der Waals surface area contributed by atoms with E-state index in [1.165, 1.54) is 16.4 Å². The highest BCUT2D eigenvalue weighted by molar-refractivity contribution is 8.00. The van der Waals surface area contributed by atoms with Gasteiger partial charge in [-0.25, -0.2) is 9.48 Å². The Labute approximate surface area is 102 Å². The van der Waals surface area contributed by atoms with Crippen LogP contribution in [0.1, 0.15) is 13.8 Å². The number of nitrogens with two attached hydrogens (primary N) is 1. The molecule has 0 aliphatic carbocycles. The lowest BCUT2D eigenvalue weighted by molar-refractivity contribution is -0.120. The fourth-order valence-corrected chi connectivity index (χ4v) is 2.06. The van der Waals surface area contributed by atoms with Crippen molar-refractivity contribution in [3.05, 3.63) is 0 Å². The lowest BCUT2D eigenvalue weighted by Gasteiger charge is -2.17. The van der Waals surface area contributed by atoms with Crippen molar-refractivity contribution in [1.82, 2.24) is 25.5 Å². The lowest BCUT2D eigenvalue weighted by atomic mass is 10.1. The molecule has 1 aromatic heterocycles. The molecule has 8 nitrogen and oxygen atoms in total. The number of nitrogens with one attached hydrogen (secondary N) is 1. The second-order valence-electron chi connectivity index (χ2n) is 3.72. The highest BCUT2D eigenvalue weighted by Gasteiger charge is 2.26. The number of primary amides is 1. The van der Waals surface area contributed by atoms with Crippen LogP contribution in [0, 0.1) is 5.92 Å². The van der Waals surface area contributed by atoms with Gasteiger partial charge in [0.05, 0.1) is 5.25 Å². The van der Waals surface area contributed by atoms with E-state index >= 15 is 0 Å². The normalized spacial score (nSPS) is 12.5. The molecule has 1 rings (SSSR count). The number of hydrogen-bond donors (Lipinski definition) is 2. The molecule has 3 amide bonds. The Balaban J connectivity index is 2.77. The zero-order chi connectivity index (χ0) is 13.0. The fraction of sp³-hybridized carbons (Fsp3) is 0.625. The first kappa shape index (κ1) is 13.4. The average Bonchev–Trinajstić information content (AvgIpc) is 2.58. The quantitative estimate of drug-likeness (QED) is 0.705. The third-order valence-electron chi connectivity index (χ3n) is 1.92. The second-order valence-corrected chi connectivity index (χ2v) is 4.83. The maximum atomic E-state index is 11.7. The molecule has 0 radical (unpaired) electrons. The van der Waals surface area contributed by atoms with Crippen molar-refractivity contribution in [3.8, 4) is 0 Å². The number of tetrazole rings is 1. The molecule has 0 unspecified atom stereocenters. The molecule has 9 heteroatoms. The van der Waals surface area contributed by atoms with Crippen LogP contribution in [0.3, 0.4) is 0 Å². The molecule has 0 bridgehead atoms. The van der Waals surface area contributed by atoms with E-state index < -0.39 is 17.2 Å². The molecule has 17 heavy (non-hydrogen) atoms. The first-order chi connectivity index (χ1) is 7.91. The van der Waals surface area contributed by atoms with Crippen molar-refractivity contribution >= 4 is 23.7 Å². The Morgan fingerprint density at radius 3 is 2.53 bits per heavy atom. The summed E-state index contributed by atoms with van der Waals surface area (Å²) in [7, 11) is 1.67. The van der Waals surface area contributed by atoms with Gasteiger partial charge in [-0.2, -0.15) is 0 Å². The van der Waals surface area contributed by atoms with Gasteiger partial charge in [0, 0.05) is 7.05 Å². The van der Waals surface area contributed by atoms with E-state index in [0.29, 0.717) is 5.16 Å². The van der Waals surface area contributed by atoms with Gasteiger partial charge in [0.1, 0.15) is 0 Å². The van der Waals surface area contributed by atoms with E-state index in [1.54, 1.807) is 7.05 Å². The number of thioether (sulfide) groups is 1. The van der Waals surface area contributed by atoms with Crippen LogP contribution in [0.4, 0.5) is 4.79 Å².